The monoisotopic (exact) mass is 645 g/mol. The molecule has 0 heterocycles. The van der Waals surface area contributed by atoms with Crippen LogP contribution < -0.4 is 23.8 Å². The fourth-order valence-electron chi connectivity index (χ4n) is 4.59. The number of benzene rings is 3. The van der Waals surface area contributed by atoms with E-state index in [-0.39, 0.29) is 34.8 Å². The number of methoxy groups -OCH3 is 2. The number of nitrogens with one attached hydrogen (secondary N) is 1. The molecule has 1 N–H and O–H groups in total. The number of carbonyl (C=O) groups excluding carboxylic acids is 2. The van der Waals surface area contributed by atoms with E-state index in [1.165, 1.54) is 37.3 Å². The third kappa shape index (κ3) is 8.57. The Morgan fingerprint density at radius 3 is 2.09 bits per heavy atom. The summed E-state index contributed by atoms with van der Waals surface area (Å²) in [6.45, 7) is 7.23. The zero-order valence-corrected chi connectivity index (χ0v) is 27.4. The number of amides is 2. The predicted octanol–water partition coefficient (Wildman–Crippen LogP) is 5.28. The van der Waals surface area contributed by atoms with Crippen LogP contribution in [-0.2, 0) is 26.2 Å². The highest BCUT2D eigenvalue weighted by molar-refractivity contribution is 7.92. The summed E-state index contributed by atoms with van der Waals surface area (Å²) in [7, 11) is -1.47. The molecule has 0 unspecified atom stereocenters. The molecular weight excluding hydrogens is 606 g/mol. The molecule has 10 nitrogen and oxygen atoms in total. The summed E-state index contributed by atoms with van der Waals surface area (Å²) >= 11 is 6.08. The van der Waals surface area contributed by atoms with Gasteiger partial charge in [0, 0.05) is 23.7 Å². The van der Waals surface area contributed by atoms with E-state index >= 15 is 0 Å². The second-order valence-electron chi connectivity index (χ2n) is 10.2. The van der Waals surface area contributed by atoms with Crippen molar-refractivity contribution < 1.29 is 32.2 Å². The Kier molecular flexibility index (Phi) is 12.3. The Hall–Kier alpha value is -3.96. The third-order valence-electron chi connectivity index (χ3n) is 6.74. The van der Waals surface area contributed by atoms with Crippen molar-refractivity contribution in [2.45, 2.75) is 57.6 Å². The zero-order chi connectivity index (χ0) is 32.4. The number of rotatable bonds is 15. The summed E-state index contributed by atoms with van der Waals surface area (Å²) in [5, 5.41) is 3.41. The number of carbonyl (C=O) groups is 2. The lowest BCUT2D eigenvalue weighted by Crippen LogP contribution is -2.53. The minimum absolute atomic E-state index is 0.0630. The van der Waals surface area contributed by atoms with Gasteiger partial charge in [0.25, 0.3) is 10.0 Å². The van der Waals surface area contributed by atoms with Crippen molar-refractivity contribution >= 4 is 39.1 Å². The van der Waals surface area contributed by atoms with E-state index in [2.05, 4.69) is 5.32 Å². The van der Waals surface area contributed by atoms with Crippen LogP contribution in [0, 0.1) is 0 Å². The number of hydrogen-bond acceptors (Lipinski definition) is 7. The smallest absolute Gasteiger partial charge is 0.264 e. The molecule has 3 aromatic carbocycles. The van der Waals surface area contributed by atoms with Crippen molar-refractivity contribution in [2.24, 2.45) is 0 Å². The van der Waals surface area contributed by atoms with Gasteiger partial charge in [-0.1, -0.05) is 30.7 Å². The number of anilines is 1. The number of ether oxygens (including phenoxy) is 3. The molecule has 238 valence electrons. The highest BCUT2D eigenvalue weighted by Gasteiger charge is 2.34. The van der Waals surface area contributed by atoms with E-state index < -0.39 is 28.5 Å². The topological polar surface area (TPSA) is 114 Å². The van der Waals surface area contributed by atoms with Gasteiger partial charge in [-0.15, -0.1) is 0 Å². The average Bonchev–Trinajstić information content (AvgIpc) is 3.00. The van der Waals surface area contributed by atoms with Crippen LogP contribution in [0.15, 0.2) is 71.6 Å². The second kappa shape index (κ2) is 15.7. The van der Waals surface area contributed by atoms with Crippen molar-refractivity contribution in [2.75, 3.05) is 31.7 Å². The van der Waals surface area contributed by atoms with Crippen LogP contribution in [0.1, 0.15) is 39.7 Å². The third-order valence-corrected chi connectivity index (χ3v) is 8.76. The molecule has 0 bridgehead atoms. The molecule has 0 saturated heterocycles. The van der Waals surface area contributed by atoms with Gasteiger partial charge in [-0.25, -0.2) is 8.42 Å². The van der Waals surface area contributed by atoms with Gasteiger partial charge < -0.3 is 24.4 Å². The molecule has 0 aliphatic carbocycles. The van der Waals surface area contributed by atoms with E-state index in [0.29, 0.717) is 29.5 Å². The Morgan fingerprint density at radius 2 is 1.55 bits per heavy atom. The first-order valence-electron chi connectivity index (χ1n) is 14.3. The fourth-order valence-corrected chi connectivity index (χ4v) is 6.15. The molecule has 0 aliphatic heterocycles. The molecule has 44 heavy (non-hydrogen) atoms. The van der Waals surface area contributed by atoms with Crippen molar-refractivity contribution in [3.8, 4) is 17.2 Å². The lowest BCUT2D eigenvalue weighted by atomic mass is 10.1. The maximum Gasteiger partial charge on any atom is 0.264 e. The first-order chi connectivity index (χ1) is 20.9. The minimum Gasteiger partial charge on any atom is -0.494 e. The summed E-state index contributed by atoms with van der Waals surface area (Å²) in [5.74, 6) is 0.217. The van der Waals surface area contributed by atoms with Crippen LogP contribution in [0.3, 0.4) is 0 Å². The standard InChI is InChI=1S/C32H40ClN3O7S/c1-7-28(32(38)34-22(3)4)35(20-23-9-11-24(33)12-10-23)31(37)21-36(25-13-15-26(16-14-25)43-8-2)44(39,40)27-17-18-29(41-5)30(19-27)42-6/h9-19,22,28H,7-8,20-21H2,1-6H3,(H,34,38)/t28-/m1/s1. The van der Waals surface area contributed by atoms with Gasteiger partial charge in [0.05, 0.1) is 31.4 Å². The van der Waals surface area contributed by atoms with E-state index in [0.717, 1.165) is 9.87 Å². The first kappa shape index (κ1) is 34.5. The van der Waals surface area contributed by atoms with Crippen molar-refractivity contribution in [3.05, 3.63) is 77.3 Å². The van der Waals surface area contributed by atoms with Crippen LogP contribution in [0.25, 0.3) is 0 Å². The van der Waals surface area contributed by atoms with Crippen LogP contribution in [0.4, 0.5) is 5.69 Å². The molecule has 12 heteroatoms. The van der Waals surface area contributed by atoms with Crippen molar-refractivity contribution in [3.63, 3.8) is 0 Å². The Balaban J connectivity index is 2.11. The largest absolute Gasteiger partial charge is 0.494 e. The summed E-state index contributed by atoms with van der Waals surface area (Å²) in [6.07, 6.45) is 0.309. The summed E-state index contributed by atoms with van der Waals surface area (Å²) < 4.78 is 45.6. The average molecular weight is 646 g/mol. The predicted molar refractivity (Wildman–Crippen MR) is 171 cm³/mol. The molecule has 2 amide bonds. The summed E-state index contributed by atoms with van der Waals surface area (Å²) in [4.78, 5) is 28.8. The second-order valence-corrected chi connectivity index (χ2v) is 12.5. The molecule has 1 atom stereocenters. The van der Waals surface area contributed by atoms with E-state index in [4.69, 9.17) is 25.8 Å². The number of halogens is 1. The van der Waals surface area contributed by atoms with Gasteiger partial charge in [0.1, 0.15) is 18.3 Å². The van der Waals surface area contributed by atoms with Gasteiger partial charge in [-0.05, 0) is 81.3 Å². The molecular formula is C32H40ClN3O7S. The lowest BCUT2D eigenvalue weighted by molar-refractivity contribution is -0.140. The first-order valence-corrected chi connectivity index (χ1v) is 16.1. The Morgan fingerprint density at radius 1 is 0.909 bits per heavy atom. The molecule has 0 aromatic heterocycles. The zero-order valence-electron chi connectivity index (χ0n) is 25.9. The minimum atomic E-state index is -4.32. The maximum atomic E-state index is 14.2. The molecule has 3 rings (SSSR count). The molecule has 0 spiro atoms. The van der Waals surface area contributed by atoms with Gasteiger partial charge >= 0.3 is 0 Å². The van der Waals surface area contributed by atoms with E-state index in [9.17, 15) is 18.0 Å². The van der Waals surface area contributed by atoms with Crippen molar-refractivity contribution in [1.29, 1.82) is 0 Å². The molecule has 3 aromatic rings. The lowest BCUT2D eigenvalue weighted by Gasteiger charge is -2.33. The van der Waals surface area contributed by atoms with Crippen LogP contribution in [0.5, 0.6) is 17.2 Å². The SMILES string of the molecule is CCOc1ccc(N(CC(=O)N(Cc2ccc(Cl)cc2)[C@H](CC)C(=O)NC(C)C)S(=O)(=O)c2ccc(OC)c(OC)c2)cc1. The number of hydrogen-bond donors (Lipinski definition) is 1. The summed E-state index contributed by atoms with van der Waals surface area (Å²) in [6, 6.07) is 16.5. The van der Waals surface area contributed by atoms with Crippen LogP contribution in [-0.4, -0.2) is 64.6 Å². The number of sulfonamides is 1. The van der Waals surface area contributed by atoms with Gasteiger partial charge in [-0.3, -0.25) is 13.9 Å². The highest BCUT2D eigenvalue weighted by atomic mass is 35.5. The Bertz CT molecular complexity index is 1510. The van der Waals surface area contributed by atoms with Crippen LogP contribution >= 0.6 is 11.6 Å². The molecule has 0 saturated carbocycles. The van der Waals surface area contributed by atoms with E-state index in [1.54, 1.807) is 55.5 Å². The van der Waals surface area contributed by atoms with Gasteiger partial charge in [-0.2, -0.15) is 0 Å². The molecule has 0 fully saturated rings. The van der Waals surface area contributed by atoms with E-state index in [1.807, 2.05) is 20.8 Å². The normalized spacial score (nSPS) is 11.9. The highest BCUT2D eigenvalue weighted by Crippen LogP contribution is 2.33. The van der Waals surface area contributed by atoms with Crippen molar-refractivity contribution in [1.82, 2.24) is 10.2 Å². The maximum absolute atomic E-state index is 14.2. The quantitative estimate of drug-likeness (QED) is 0.239. The Labute approximate surface area is 264 Å². The van der Waals surface area contributed by atoms with Crippen LogP contribution in [0.2, 0.25) is 5.02 Å². The van der Waals surface area contributed by atoms with Gasteiger partial charge in [0.15, 0.2) is 11.5 Å². The summed E-state index contributed by atoms with van der Waals surface area (Å²) in [5.41, 5.74) is 0.969. The molecule has 0 aliphatic rings. The fraction of sp³-hybridized carbons (Fsp3) is 0.375. The molecule has 0 radical (unpaired) electrons. The van der Waals surface area contributed by atoms with Gasteiger partial charge in [0.2, 0.25) is 11.8 Å². The number of nitrogens with zero attached hydrogens (tertiary/aromatic N) is 2.